The third-order valence-electron chi connectivity index (χ3n) is 3.69. The molecule has 1 N–H and O–H groups in total. The normalized spacial score (nSPS) is 10.8. The molecule has 23 heavy (non-hydrogen) atoms. The minimum absolute atomic E-state index is 0.530. The first-order valence-electron chi connectivity index (χ1n) is 8.45. The summed E-state index contributed by atoms with van der Waals surface area (Å²) in [5.41, 5.74) is 2.30. The van der Waals surface area contributed by atoms with Gasteiger partial charge in [-0.2, -0.15) is 10.1 Å². The van der Waals surface area contributed by atoms with Crippen LogP contribution in [0.4, 0.5) is 17.5 Å². The third-order valence-corrected chi connectivity index (χ3v) is 3.69. The Morgan fingerprint density at radius 1 is 1.04 bits per heavy atom. The van der Waals surface area contributed by atoms with Gasteiger partial charge in [-0.05, 0) is 36.5 Å². The quantitative estimate of drug-likeness (QED) is 0.784. The van der Waals surface area contributed by atoms with E-state index in [1.54, 1.807) is 6.20 Å². The van der Waals surface area contributed by atoms with Gasteiger partial charge in [-0.1, -0.05) is 39.8 Å². The average Bonchev–Trinajstić information content (AvgIpc) is 2.55. The molecule has 0 saturated carbocycles. The molecule has 0 spiro atoms. The SMILES string of the molecule is CCCN(CCC)c1cnnc(Nc2ccc(C(C)C)cc2)n1. The summed E-state index contributed by atoms with van der Waals surface area (Å²) in [6.45, 7) is 10.7. The van der Waals surface area contributed by atoms with E-state index in [2.05, 4.69) is 77.4 Å². The maximum Gasteiger partial charge on any atom is 0.249 e. The Morgan fingerprint density at radius 2 is 1.70 bits per heavy atom. The standard InChI is InChI=1S/C18H27N5/c1-5-11-23(12-6-2)17-13-19-22-18(21-17)20-16-9-7-15(8-10-16)14(3)4/h7-10,13-14H,5-6,11-12H2,1-4H3,(H,20,21,22). The highest BCUT2D eigenvalue weighted by Gasteiger charge is 2.09. The highest BCUT2D eigenvalue weighted by molar-refractivity contribution is 5.55. The van der Waals surface area contributed by atoms with Gasteiger partial charge in [-0.15, -0.1) is 5.10 Å². The van der Waals surface area contributed by atoms with Crippen molar-refractivity contribution in [2.24, 2.45) is 0 Å². The van der Waals surface area contributed by atoms with Crippen LogP contribution in [0.2, 0.25) is 0 Å². The smallest absolute Gasteiger partial charge is 0.249 e. The van der Waals surface area contributed by atoms with Crippen molar-refractivity contribution >= 4 is 17.5 Å². The summed E-state index contributed by atoms with van der Waals surface area (Å²) in [4.78, 5) is 6.86. The predicted molar refractivity (Wildman–Crippen MR) is 96.4 cm³/mol. The summed E-state index contributed by atoms with van der Waals surface area (Å²) < 4.78 is 0. The van der Waals surface area contributed by atoms with Crippen LogP contribution in [0.5, 0.6) is 0 Å². The van der Waals surface area contributed by atoms with E-state index in [4.69, 9.17) is 0 Å². The van der Waals surface area contributed by atoms with Crippen LogP contribution in [0.15, 0.2) is 30.5 Å². The van der Waals surface area contributed by atoms with Crippen LogP contribution in [0.25, 0.3) is 0 Å². The van der Waals surface area contributed by atoms with Crippen LogP contribution in [0, 0.1) is 0 Å². The Kier molecular flexibility index (Phi) is 6.32. The van der Waals surface area contributed by atoms with Crippen molar-refractivity contribution in [2.45, 2.75) is 46.5 Å². The Bertz CT molecular complexity index is 589. The number of hydrogen-bond donors (Lipinski definition) is 1. The van der Waals surface area contributed by atoms with E-state index < -0.39 is 0 Å². The summed E-state index contributed by atoms with van der Waals surface area (Å²) in [5, 5.41) is 11.4. The van der Waals surface area contributed by atoms with Gasteiger partial charge in [0, 0.05) is 18.8 Å². The second-order valence-electron chi connectivity index (χ2n) is 6.03. The van der Waals surface area contributed by atoms with E-state index >= 15 is 0 Å². The molecule has 5 nitrogen and oxygen atoms in total. The molecule has 2 aromatic rings. The van der Waals surface area contributed by atoms with Crippen LogP contribution < -0.4 is 10.2 Å². The molecule has 0 aliphatic heterocycles. The zero-order chi connectivity index (χ0) is 16.7. The minimum atomic E-state index is 0.530. The molecule has 0 unspecified atom stereocenters. The van der Waals surface area contributed by atoms with Crippen molar-refractivity contribution in [3.63, 3.8) is 0 Å². The van der Waals surface area contributed by atoms with Crippen LogP contribution in [0.3, 0.4) is 0 Å². The van der Waals surface area contributed by atoms with Gasteiger partial charge in [0.05, 0.1) is 6.20 Å². The van der Waals surface area contributed by atoms with Crippen LogP contribution in [-0.2, 0) is 0 Å². The fourth-order valence-corrected chi connectivity index (χ4v) is 2.46. The number of benzene rings is 1. The van der Waals surface area contributed by atoms with Gasteiger partial charge in [0.1, 0.15) is 0 Å². The largest absolute Gasteiger partial charge is 0.355 e. The van der Waals surface area contributed by atoms with E-state index in [1.807, 2.05) is 0 Å². The van der Waals surface area contributed by atoms with E-state index in [9.17, 15) is 0 Å². The van der Waals surface area contributed by atoms with E-state index in [0.717, 1.165) is 37.4 Å². The Balaban J connectivity index is 2.12. The number of rotatable bonds is 8. The van der Waals surface area contributed by atoms with E-state index in [-0.39, 0.29) is 0 Å². The van der Waals surface area contributed by atoms with Crippen molar-refractivity contribution in [1.29, 1.82) is 0 Å². The third kappa shape index (κ3) is 4.91. The van der Waals surface area contributed by atoms with Crippen molar-refractivity contribution in [3.8, 4) is 0 Å². The molecule has 1 aromatic carbocycles. The van der Waals surface area contributed by atoms with E-state index in [1.165, 1.54) is 5.56 Å². The summed E-state index contributed by atoms with van der Waals surface area (Å²) in [6.07, 6.45) is 3.91. The molecule has 0 aliphatic carbocycles. The molecule has 124 valence electrons. The zero-order valence-electron chi connectivity index (χ0n) is 14.6. The molecule has 0 aliphatic rings. The van der Waals surface area contributed by atoms with Crippen molar-refractivity contribution in [3.05, 3.63) is 36.0 Å². The summed E-state index contributed by atoms with van der Waals surface area (Å²) in [5.74, 6) is 1.95. The maximum atomic E-state index is 4.60. The molecule has 1 aromatic heterocycles. The molecule has 0 bridgehead atoms. The molecule has 0 fully saturated rings. The fraction of sp³-hybridized carbons (Fsp3) is 0.500. The Morgan fingerprint density at radius 3 is 2.26 bits per heavy atom. The summed E-state index contributed by atoms with van der Waals surface area (Å²) in [7, 11) is 0. The number of nitrogens with one attached hydrogen (secondary N) is 1. The maximum absolute atomic E-state index is 4.60. The molecule has 0 radical (unpaired) electrons. The number of nitrogens with zero attached hydrogens (tertiary/aromatic N) is 4. The summed E-state index contributed by atoms with van der Waals surface area (Å²) in [6, 6.07) is 8.37. The van der Waals surface area contributed by atoms with Gasteiger partial charge in [-0.3, -0.25) is 0 Å². The number of hydrogen-bond acceptors (Lipinski definition) is 5. The fourth-order valence-electron chi connectivity index (χ4n) is 2.46. The number of aromatic nitrogens is 3. The molecule has 0 atom stereocenters. The highest BCUT2D eigenvalue weighted by atomic mass is 15.3. The Hall–Kier alpha value is -2.17. The van der Waals surface area contributed by atoms with Crippen molar-refractivity contribution < 1.29 is 0 Å². The molecule has 0 amide bonds. The first-order valence-corrected chi connectivity index (χ1v) is 8.45. The molecule has 2 rings (SSSR count). The topological polar surface area (TPSA) is 53.9 Å². The molecule has 0 saturated heterocycles. The lowest BCUT2D eigenvalue weighted by atomic mass is 10.0. The van der Waals surface area contributed by atoms with Gasteiger partial charge >= 0.3 is 0 Å². The van der Waals surface area contributed by atoms with Crippen molar-refractivity contribution in [2.75, 3.05) is 23.3 Å². The molecular formula is C18H27N5. The van der Waals surface area contributed by atoms with Gasteiger partial charge in [0.15, 0.2) is 5.82 Å². The van der Waals surface area contributed by atoms with Crippen LogP contribution in [0.1, 0.15) is 52.0 Å². The van der Waals surface area contributed by atoms with Gasteiger partial charge in [0.25, 0.3) is 0 Å². The van der Waals surface area contributed by atoms with Gasteiger partial charge in [-0.25, -0.2) is 0 Å². The zero-order valence-corrected chi connectivity index (χ0v) is 14.6. The van der Waals surface area contributed by atoms with Gasteiger partial charge < -0.3 is 10.2 Å². The lowest BCUT2D eigenvalue weighted by molar-refractivity contribution is 0.728. The first kappa shape index (κ1) is 17.2. The number of anilines is 3. The van der Waals surface area contributed by atoms with Crippen LogP contribution >= 0.6 is 0 Å². The Labute approximate surface area is 139 Å². The van der Waals surface area contributed by atoms with Crippen LogP contribution in [-0.4, -0.2) is 28.3 Å². The monoisotopic (exact) mass is 313 g/mol. The second kappa shape index (κ2) is 8.46. The average molecular weight is 313 g/mol. The minimum Gasteiger partial charge on any atom is -0.355 e. The van der Waals surface area contributed by atoms with Crippen molar-refractivity contribution in [1.82, 2.24) is 15.2 Å². The molecular weight excluding hydrogens is 286 g/mol. The van der Waals surface area contributed by atoms with Gasteiger partial charge in [0.2, 0.25) is 5.95 Å². The lowest BCUT2D eigenvalue weighted by Crippen LogP contribution is -2.26. The van der Waals surface area contributed by atoms with E-state index in [0.29, 0.717) is 11.9 Å². The summed E-state index contributed by atoms with van der Waals surface area (Å²) >= 11 is 0. The lowest BCUT2D eigenvalue weighted by Gasteiger charge is -2.22. The first-order chi connectivity index (χ1) is 11.1. The second-order valence-corrected chi connectivity index (χ2v) is 6.03. The molecule has 5 heteroatoms. The molecule has 1 heterocycles. The highest BCUT2D eigenvalue weighted by Crippen LogP contribution is 2.20. The predicted octanol–water partition coefficient (Wildman–Crippen LogP) is 4.37.